The summed E-state index contributed by atoms with van der Waals surface area (Å²) < 4.78 is 4.84. The number of aliphatic hydroxyl groups is 2. The molecule has 0 radical (unpaired) electrons. The molecule has 8 heteroatoms. The molecule has 0 unspecified atom stereocenters. The number of para-hydroxylation sites is 1. The Balaban J connectivity index is 1.79. The van der Waals surface area contributed by atoms with E-state index in [-0.39, 0.29) is 13.2 Å². The molecule has 0 aromatic heterocycles. The normalized spacial score (nSPS) is 28.1. The molecule has 2 aliphatic heterocycles. The fourth-order valence-electron chi connectivity index (χ4n) is 2.47. The van der Waals surface area contributed by atoms with Gasteiger partial charge in [0, 0.05) is 5.69 Å². The zero-order chi connectivity index (χ0) is 15.0. The number of benzene rings is 1. The van der Waals surface area contributed by atoms with Crippen molar-refractivity contribution in [1.29, 1.82) is 0 Å². The van der Waals surface area contributed by atoms with Crippen molar-refractivity contribution < 1.29 is 24.5 Å². The Morgan fingerprint density at radius 1 is 1.29 bits per heavy atom. The molecule has 0 aliphatic carbocycles. The van der Waals surface area contributed by atoms with Crippen LogP contribution in [-0.2, 0) is 4.74 Å². The molecule has 0 saturated carbocycles. The molecule has 0 bridgehead atoms. The standard InChI is InChI=1S/C13H15N3O5/c17-10-6-15(12(19)14-8-4-2-1-3-5-8)16-9(11(10)18)7-21-13(16)20/h1-5,9-11,17-18H,6-7H2,(H,14,19)/t9-,10-,11-/m1/s1/i9+1. The number of hydrogen-bond acceptors (Lipinski definition) is 5. The van der Waals surface area contributed by atoms with Gasteiger partial charge in [-0.25, -0.2) is 19.6 Å². The van der Waals surface area contributed by atoms with Gasteiger partial charge >= 0.3 is 12.1 Å². The average molecular weight is 294 g/mol. The maximum Gasteiger partial charge on any atom is 0.429 e. The fraction of sp³-hybridized carbons (Fsp3) is 0.385. The van der Waals surface area contributed by atoms with Crippen LogP contribution in [0.5, 0.6) is 0 Å². The van der Waals surface area contributed by atoms with Crippen LogP contribution in [0.4, 0.5) is 15.3 Å². The van der Waals surface area contributed by atoms with Gasteiger partial charge in [0.05, 0.1) is 6.54 Å². The lowest BCUT2D eigenvalue weighted by molar-refractivity contribution is -0.120. The summed E-state index contributed by atoms with van der Waals surface area (Å²) >= 11 is 0. The first-order valence-corrected chi connectivity index (χ1v) is 6.53. The number of β-amino-alcohol motifs (C(OH)–C–C–N with tert-alkyl or cyclic N) is 1. The largest absolute Gasteiger partial charge is 0.446 e. The summed E-state index contributed by atoms with van der Waals surface area (Å²) in [7, 11) is 0. The molecule has 112 valence electrons. The van der Waals surface area contributed by atoms with Crippen LogP contribution >= 0.6 is 0 Å². The molecule has 0 spiro atoms. The van der Waals surface area contributed by atoms with Crippen LogP contribution < -0.4 is 5.32 Å². The van der Waals surface area contributed by atoms with Crippen LogP contribution in [0.15, 0.2) is 30.3 Å². The summed E-state index contributed by atoms with van der Waals surface area (Å²) in [5.74, 6) is 0. The number of nitrogens with zero attached hydrogens (tertiary/aromatic N) is 2. The van der Waals surface area contributed by atoms with Gasteiger partial charge in [0.2, 0.25) is 0 Å². The summed E-state index contributed by atoms with van der Waals surface area (Å²) in [6.45, 7) is -0.252. The predicted molar refractivity (Wildman–Crippen MR) is 71.2 cm³/mol. The Bertz CT molecular complexity index is 552. The Morgan fingerprint density at radius 2 is 2.00 bits per heavy atom. The van der Waals surface area contributed by atoms with Gasteiger partial charge in [0.1, 0.15) is 24.9 Å². The van der Waals surface area contributed by atoms with E-state index in [2.05, 4.69) is 5.32 Å². The first-order valence-electron chi connectivity index (χ1n) is 6.53. The van der Waals surface area contributed by atoms with Crippen molar-refractivity contribution in [1.82, 2.24) is 10.0 Å². The minimum atomic E-state index is -1.14. The number of fused-ring (bicyclic) bond motifs is 1. The maximum absolute atomic E-state index is 12.3. The number of amides is 3. The van der Waals surface area contributed by atoms with Crippen molar-refractivity contribution in [3.05, 3.63) is 30.3 Å². The van der Waals surface area contributed by atoms with Crippen molar-refractivity contribution in [3.8, 4) is 0 Å². The van der Waals surface area contributed by atoms with E-state index in [0.717, 1.165) is 10.0 Å². The van der Waals surface area contributed by atoms with E-state index >= 15 is 0 Å². The summed E-state index contributed by atoms with van der Waals surface area (Å²) in [5.41, 5.74) is 0.562. The van der Waals surface area contributed by atoms with Crippen molar-refractivity contribution in [2.75, 3.05) is 18.5 Å². The molecule has 8 nitrogen and oxygen atoms in total. The Hall–Kier alpha value is -2.32. The number of urea groups is 1. The zero-order valence-electron chi connectivity index (χ0n) is 11.0. The second-order valence-corrected chi connectivity index (χ2v) is 4.93. The van der Waals surface area contributed by atoms with Crippen molar-refractivity contribution in [2.45, 2.75) is 18.2 Å². The van der Waals surface area contributed by atoms with Gasteiger partial charge in [-0.15, -0.1) is 0 Å². The van der Waals surface area contributed by atoms with Crippen molar-refractivity contribution in [3.63, 3.8) is 0 Å². The summed E-state index contributed by atoms with van der Waals surface area (Å²) in [4.78, 5) is 24.0. The number of aliphatic hydroxyl groups excluding tert-OH is 2. The van der Waals surface area contributed by atoms with Gasteiger partial charge in [-0.2, -0.15) is 0 Å². The number of cyclic esters (lactones) is 1. The molecule has 3 atom stereocenters. The van der Waals surface area contributed by atoms with Crippen LogP contribution in [0, 0.1) is 0 Å². The lowest BCUT2D eigenvalue weighted by Gasteiger charge is -2.42. The van der Waals surface area contributed by atoms with Gasteiger partial charge in [-0.1, -0.05) is 18.2 Å². The number of hydrogen-bond donors (Lipinski definition) is 3. The Labute approximate surface area is 120 Å². The highest BCUT2D eigenvalue weighted by atomic mass is 16.6. The molecule has 21 heavy (non-hydrogen) atoms. The van der Waals surface area contributed by atoms with Gasteiger partial charge in [0.25, 0.3) is 0 Å². The molecule has 1 aromatic carbocycles. The van der Waals surface area contributed by atoms with Crippen molar-refractivity contribution >= 4 is 17.8 Å². The quantitative estimate of drug-likeness (QED) is 0.632. The van der Waals surface area contributed by atoms with Crippen molar-refractivity contribution in [2.24, 2.45) is 0 Å². The number of nitrogens with one attached hydrogen (secondary N) is 1. The Kier molecular flexibility index (Phi) is 3.40. The smallest absolute Gasteiger partial charge is 0.429 e. The first-order chi connectivity index (χ1) is 10.1. The molecule has 3 rings (SSSR count). The number of hydrazine groups is 1. The Morgan fingerprint density at radius 3 is 2.71 bits per heavy atom. The summed E-state index contributed by atoms with van der Waals surface area (Å²) in [6, 6.07) is 7.40. The molecule has 2 saturated heterocycles. The van der Waals surface area contributed by atoms with Gasteiger partial charge in [-0.3, -0.25) is 0 Å². The van der Waals surface area contributed by atoms with Gasteiger partial charge < -0.3 is 20.3 Å². The van der Waals surface area contributed by atoms with E-state index in [0.29, 0.717) is 5.69 Å². The maximum atomic E-state index is 12.3. The lowest BCUT2D eigenvalue weighted by atomic mass is 10.2. The molecule has 2 heterocycles. The van der Waals surface area contributed by atoms with Crippen LogP contribution in [0.1, 0.15) is 0 Å². The molecule has 3 N–H and O–H groups in total. The zero-order valence-corrected chi connectivity index (χ0v) is 11.0. The molecular formula is C13H15N3O5. The fourth-order valence-corrected chi connectivity index (χ4v) is 2.47. The number of carbonyl (C=O) groups excluding carboxylic acids is 2. The summed E-state index contributed by atoms with van der Waals surface area (Å²) in [5, 5.41) is 24.4. The third-order valence-corrected chi connectivity index (χ3v) is 3.55. The van der Waals surface area contributed by atoms with Crippen LogP contribution in [-0.4, -0.2) is 63.8 Å². The predicted octanol–water partition coefficient (Wildman–Crippen LogP) is -0.00830. The molecule has 2 aliphatic rings. The van der Waals surface area contributed by atoms with E-state index in [4.69, 9.17) is 4.74 Å². The lowest BCUT2D eigenvalue weighted by Crippen LogP contribution is -2.65. The monoisotopic (exact) mass is 294 g/mol. The van der Waals surface area contributed by atoms with E-state index in [1.165, 1.54) is 0 Å². The minimum Gasteiger partial charge on any atom is -0.446 e. The first kappa shape index (κ1) is 13.7. The highest BCUT2D eigenvalue weighted by Crippen LogP contribution is 2.26. The highest BCUT2D eigenvalue weighted by molar-refractivity contribution is 5.90. The van der Waals surface area contributed by atoms with E-state index in [1.807, 2.05) is 6.07 Å². The molecule has 1 aromatic rings. The molecule has 3 amide bonds. The van der Waals surface area contributed by atoms with Gasteiger partial charge in [-0.05, 0) is 12.1 Å². The minimum absolute atomic E-state index is 0.0633. The molecular weight excluding hydrogens is 279 g/mol. The van der Waals surface area contributed by atoms with Crippen LogP contribution in [0.25, 0.3) is 0 Å². The SMILES string of the molecule is O=C(Nc1ccccc1)N1C[C@@H](O)[C@H](O)[13C@H]2COC(=O)N21. The van der Waals surface area contributed by atoms with E-state index in [9.17, 15) is 19.8 Å². The van der Waals surface area contributed by atoms with Crippen LogP contribution in [0.3, 0.4) is 0 Å². The second kappa shape index (κ2) is 5.23. The van der Waals surface area contributed by atoms with Crippen LogP contribution in [0.2, 0.25) is 0 Å². The number of ether oxygens (including phenoxy) is 1. The number of anilines is 1. The summed E-state index contributed by atoms with van der Waals surface area (Å²) in [6.07, 6.45) is -2.99. The highest BCUT2D eigenvalue weighted by Gasteiger charge is 2.50. The topological polar surface area (TPSA) is 102 Å². The third-order valence-electron chi connectivity index (χ3n) is 3.55. The second-order valence-electron chi connectivity index (χ2n) is 4.93. The van der Waals surface area contributed by atoms with E-state index in [1.54, 1.807) is 24.3 Å². The van der Waals surface area contributed by atoms with Gasteiger partial charge in [0.15, 0.2) is 0 Å². The third kappa shape index (κ3) is 2.39. The number of carbonyl (C=O) groups is 2. The average Bonchev–Trinajstić information content (AvgIpc) is 2.86. The number of rotatable bonds is 1. The molecule has 2 fully saturated rings. The van der Waals surface area contributed by atoms with E-state index < -0.39 is 30.4 Å².